The van der Waals surface area contributed by atoms with Gasteiger partial charge in [0, 0.05) is 30.3 Å². The predicted octanol–water partition coefficient (Wildman–Crippen LogP) is 2.94. The molecule has 3 heterocycles. The van der Waals surface area contributed by atoms with E-state index in [4.69, 9.17) is 4.52 Å². The number of carboxylic acid groups (broad SMARTS) is 1. The molecule has 2 aromatic heterocycles. The van der Waals surface area contributed by atoms with Gasteiger partial charge in [0.25, 0.3) is 0 Å². The van der Waals surface area contributed by atoms with Gasteiger partial charge >= 0.3 is 5.97 Å². The summed E-state index contributed by atoms with van der Waals surface area (Å²) in [5.74, 6) is -0.386. The highest BCUT2D eigenvalue weighted by molar-refractivity contribution is 7.08. The minimum Gasteiger partial charge on any atom is -0.479 e. The van der Waals surface area contributed by atoms with Crippen molar-refractivity contribution >= 4 is 23.2 Å². The molecule has 0 radical (unpaired) electrons. The number of aromatic nitrogens is 2. The number of amides is 1. The summed E-state index contributed by atoms with van der Waals surface area (Å²) in [6.45, 7) is 0.386. The number of nitrogens with zero attached hydrogens (tertiary/aromatic N) is 3. The van der Waals surface area contributed by atoms with Crippen LogP contribution in [0.5, 0.6) is 0 Å². The third-order valence-electron chi connectivity index (χ3n) is 4.64. The monoisotopic (exact) mass is 383 g/mol. The zero-order chi connectivity index (χ0) is 18.8. The number of carboxylic acids is 1. The van der Waals surface area contributed by atoms with Gasteiger partial charge in [0.2, 0.25) is 17.6 Å². The van der Waals surface area contributed by atoms with Crippen LogP contribution in [0.2, 0.25) is 0 Å². The molecule has 0 bridgehead atoms. The van der Waals surface area contributed by atoms with Crippen LogP contribution in [-0.4, -0.2) is 38.6 Å². The average molecular weight is 383 g/mol. The van der Waals surface area contributed by atoms with Crippen LogP contribution in [0.15, 0.2) is 45.6 Å². The van der Waals surface area contributed by atoms with Gasteiger partial charge in [-0.25, -0.2) is 4.79 Å². The summed E-state index contributed by atoms with van der Waals surface area (Å²) in [6, 6.07) is 8.32. The maximum absolute atomic E-state index is 12.7. The lowest BCUT2D eigenvalue weighted by molar-refractivity contribution is -0.151. The number of carbonyl (C=O) groups is 2. The first-order valence-electron chi connectivity index (χ1n) is 8.58. The van der Waals surface area contributed by atoms with Crippen LogP contribution in [-0.2, 0) is 22.4 Å². The molecule has 0 fully saturated rings. The molecule has 1 N–H and O–H groups in total. The first-order valence-corrected chi connectivity index (χ1v) is 9.53. The molecule has 0 aliphatic carbocycles. The van der Waals surface area contributed by atoms with Crippen molar-refractivity contribution in [1.82, 2.24) is 15.0 Å². The van der Waals surface area contributed by atoms with E-state index in [1.807, 2.05) is 29.0 Å². The maximum atomic E-state index is 12.7. The summed E-state index contributed by atoms with van der Waals surface area (Å²) in [7, 11) is 0. The zero-order valence-corrected chi connectivity index (χ0v) is 15.2. The van der Waals surface area contributed by atoms with Gasteiger partial charge < -0.3 is 14.5 Å². The lowest BCUT2D eigenvalue weighted by atomic mass is 9.92. The van der Waals surface area contributed by atoms with Gasteiger partial charge in [0.15, 0.2) is 6.04 Å². The number of hydrogen-bond donors (Lipinski definition) is 1. The fourth-order valence-electron chi connectivity index (χ4n) is 3.32. The van der Waals surface area contributed by atoms with E-state index >= 15 is 0 Å². The molecule has 7 nitrogen and oxygen atoms in total. The van der Waals surface area contributed by atoms with Gasteiger partial charge in [-0.15, -0.1) is 0 Å². The minimum atomic E-state index is -1.02. The Kier molecular flexibility index (Phi) is 4.72. The third-order valence-corrected chi connectivity index (χ3v) is 5.32. The Morgan fingerprint density at radius 3 is 2.93 bits per heavy atom. The molecule has 0 saturated heterocycles. The molecular weight excluding hydrogens is 366 g/mol. The van der Waals surface area contributed by atoms with Crippen LogP contribution < -0.4 is 0 Å². The number of aliphatic carboxylic acids is 1. The molecule has 1 amide bonds. The van der Waals surface area contributed by atoms with E-state index in [0.29, 0.717) is 30.2 Å². The van der Waals surface area contributed by atoms with Gasteiger partial charge in [-0.3, -0.25) is 4.79 Å². The first-order chi connectivity index (χ1) is 13.1. The highest BCUT2D eigenvalue weighted by Crippen LogP contribution is 2.30. The molecule has 1 aliphatic heterocycles. The standard InChI is InChI=1S/C19H17N3O4S/c23-16(6-5-15-20-18(21-26-15)13-8-10-27-11-13)22-9-7-12-3-1-2-4-14(12)17(22)19(24)25/h1-4,8,10-11,17H,5-7,9H2,(H,24,25). The summed E-state index contributed by atoms with van der Waals surface area (Å²) < 4.78 is 5.21. The van der Waals surface area contributed by atoms with Gasteiger partial charge in [0.1, 0.15) is 0 Å². The van der Waals surface area contributed by atoms with Gasteiger partial charge in [-0.1, -0.05) is 29.4 Å². The van der Waals surface area contributed by atoms with Crippen LogP contribution in [0.4, 0.5) is 0 Å². The smallest absolute Gasteiger partial charge is 0.331 e. The Hall–Kier alpha value is -3.00. The van der Waals surface area contributed by atoms with Crippen molar-refractivity contribution in [2.75, 3.05) is 6.54 Å². The van der Waals surface area contributed by atoms with E-state index in [1.54, 1.807) is 23.5 Å². The number of hydrogen-bond acceptors (Lipinski definition) is 6. The van der Waals surface area contributed by atoms with E-state index in [0.717, 1.165) is 11.1 Å². The van der Waals surface area contributed by atoms with Gasteiger partial charge in [-0.05, 0) is 29.0 Å². The molecule has 4 rings (SSSR count). The van der Waals surface area contributed by atoms with Crippen LogP contribution >= 0.6 is 11.3 Å². The molecule has 8 heteroatoms. The second kappa shape index (κ2) is 7.32. The Morgan fingerprint density at radius 2 is 2.15 bits per heavy atom. The Balaban J connectivity index is 1.46. The molecule has 27 heavy (non-hydrogen) atoms. The van der Waals surface area contributed by atoms with Crippen molar-refractivity contribution in [1.29, 1.82) is 0 Å². The molecule has 1 unspecified atom stereocenters. The number of rotatable bonds is 5. The molecule has 0 saturated carbocycles. The number of aryl methyl sites for hydroxylation is 1. The molecule has 1 aromatic carbocycles. The van der Waals surface area contributed by atoms with Crippen molar-refractivity contribution in [3.8, 4) is 11.4 Å². The second-order valence-electron chi connectivity index (χ2n) is 6.30. The fourth-order valence-corrected chi connectivity index (χ4v) is 3.96. The summed E-state index contributed by atoms with van der Waals surface area (Å²) in [5.41, 5.74) is 2.54. The van der Waals surface area contributed by atoms with Crippen LogP contribution in [0, 0.1) is 0 Å². The lowest BCUT2D eigenvalue weighted by Crippen LogP contribution is -2.43. The van der Waals surface area contributed by atoms with Gasteiger partial charge in [0.05, 0.1) is 0 Å². The van der Waals surface area contributed by atoms with E-state index in [2.05, 4.69) is 10.1 Å². The molecular formula is C19H17N3O4S. The average Bonchev–Trinajstić information content (AvgIpc) is 3.36. The summed E-state index contributed by atoms with van der Waals surface area (Å²) in [6.07, 6.45) is 1.05. The largest absolute Gasteiger partial charge is 0.479 e. The quantitative estimate of drug-likeness (QED) is 0.728. The molecule has 138 valence electrons. The van der Waals surface area contributed by atoms with E-state index in [-0.39, 0.29) is 18.7 Å². The summed E-state index contributed by atoms with van der Waals surface area (Å²) >= 11 is 1.54. The number of carbonyl (C=O) groups excluding carboxylic acids is 1. The zero-order valence-electron chi connectivity index (χ0n) is 14.4. The Bertz CT molecular complexity index is 967. The van der Waals surface area contributed by atoms with Crippen LogP contribution in [0.1, 0.15) is 29.5 Å². The maximum Gasteiger partial charge on any atom is 0.331 e. The summed E-state index contributed by atoms with van der Waals surface area (Å²) in [5, 5.41) is 17.4. The van der Waals surface area contributed by atoms with Crippen molar-refractivity contribution in [2.24, 2.45) is 0 Å². The van der Waals surface area contributed by atoms with E-state index in [1.165, 1.54) is 4.90 Å². The number of fused-ring (bicyclic) bond motifs is 1. The van der Waals surface area contributed by atoms with Crippen molar-refractivity contribution in [2.45, 2.75) is 25.3 Å². The highest BCUT2D eigenvalue weighted by Gasteiger charge is 2.35. The van der Waals surface area contributed by atoms with Gasteiger partial charge in [-0.2, -0.15) is 16.3 Å². The molecule has 0 spiro atoms. The second-order valence-corrected chi connectivity index (χ2v) is 7.08. The number of thiophene rings is 1. The van der Waals surface area contributed by atoms with Crippen molar-refractivity contribution < 1.29 is 19.2 Å². The lowest BCUT2D eigenvalue weighted by Gasteiger charge is -2.34. The highest BCUT2D eigenvalue weighted by atomic mass is 32.1. The predicted molar refractivity (Wildman–Crippen MR) is 98.2 cm³/mol. The van der Waals surface area contributed by atoms with Crippen LogP contribution in [0.3, 0.4) is 0 Å². The Morgan fingerprint density at radius 1 is 1.30 bits per heavy atom. The topological polar surface area (TPSA) is 96.5 Å². The first kappa shape index (κ1) is 17.4. The van der Waals surface area contributed by atoms with Crippen LogP contribution in [0.25, 0.3) is 11.4 Å². The molecule has 3 aromatic rings. The molecule has 1 aliphatic rings. The van der Waals surface area contributed by atoms with E-state index < -0.39 is 12.0 Å². The van der Waals surface area contributed by atoms with E-state index in [9.17, 15) is 14.7 Å². The van der Waals surface area contributed by atoms with Crippen molar-refractivity contribution in [3.63, 3.8) is 0 Å². The van der Waals surface area contributed by atoms with Crippen molar-refractivity contribution in [3.05, 3.63) is 58.1 Å². The third kappa shape index (κ3) is 3.48. The Labute approximate surface area is 159 Å². The molecule has 1 atom stereocenters. The summed E-state index contributed by atoms with van der Waals surface area (Å²) in [4.78, 5) is 30.2. The SMILES string of the molecule is O=C(O)C1c2ccccc2CCN1C(=O)CCc1nc(-c2ccsc2)no1. The number of benzene rings is 1. The normalized spacial score (nSPS) is 16.1. The fraction of sp³-hybridized carbons (Fsp3) is 0.263. The minimum absolute atomic E-state index is 0.122.